The molecule has 0 saturated heterocycles. The first kappa shape index (κ1) is 17.5. The van der Waals surface area contributed by atoms with Gasteiger partial charge in [0.05, 0.1) is 0 Å². The molecule has 0 bridgehead atoms. The molecule has 1 N–H and O–H groups in total. The largest absolute Gasteiger partial charge is 0.322 e. The van der Waals surface area contributed by atoms with E-state index in [1.807, 2.05) is 42.8 Å². The van der Waals surface area contributed by atoms with Crippen LogP contribution >= 0.6 is 23.4 Å². The molecule has 2 aromatic carbocycles. The lowest BCUT2D eigenvalue weighted by Crippen LogP contribution is -2.12. The van der Waals surface area contributed by atoms with E-state index in [1.165, 1.54) is 0 Å². The Labute approximate surface area is 155 Å². The molecular weight excluding hydrogens is 356 g/mol. The number of nitrogens with one attached hydrogen (secondary N) is 1. The van der Waals surface area contributed by atoms with Gasteiger partial charge in [-0.3, -0.25) is 4.79 Å². The molecule has 0 radical (unpaired) electrons. The Balaban J connectivity index is 1.67. The monoisotopic (exact) mass is 372 g/mol. The smallest absolute Gasteiger partial charge is 0.255 e. The number of carbonyl (C=O) groups is 1. The van der Waals surface area contributed by atoms with Gasteiger partial charge in [-0.15, -0.1) is 10.2 Å². The van der Waals surface area contributed by atoms with Gasteiger partial charge in [-0.25, -0.2) is 0 Å². The molecule has 0 atom stereocenters. The maximum Gasteiger partial charge on any atom is 0.255 e. The van der Waals surface area contributed by atoms with Crippen LogP contribution < -0.4 is 5.32 Å². The normalized spacial score (nSPS) is 10.7. The Kier molecular flexibility index (Phi) is 5.40. The van der Waals surface area contributed by atoms with E-state index in [-0.39, 0.29) is 5.91 Å². The molecule has 0 unspecified atom stereocenters. The minimum absolute atomic E-state index is 0.155. The highest BCUT2D eigenvalue weighted by Gasteiger charge is 2.09. The summed E-state index contributed by atoms with van der Waals surface area (Å²) in [4.78, 5) is 12.4. The maximum absolute atomic E-state index is 12.4. The van der Waals surface area contributed by atoms with Crippen molar-refractivity contribution in [1.82, 2.24) is 14.8 Å². The third-order valence-electron chi connectivity index (χ3n) is 3.64. The highest BCUT2D eigenvalue weighted by Crippen LogP contribution is 2.22. The lowest BCUT2D eigenvalue weighted by Gasteiger charge is -2.08. The van der Waals surface area contributed by atoms with E-state index in [0.717, 1.165) is 27.7 Å². The average molecular weight is 373 g/mol. The SMILES string of the molecule is Cc1cc(C(=O)Nc2cccc(CSc3nncn3C)c2)ccc1Cl. The second kappa shape index (κ2) is 7.72. The van der Waals surface area contributed by atoms with Crippen LogP contribution in [-0.4, -0.2) is 20.7 Å². The van der Waals surface area contributed by atoms with Gasteiger partial charge in [0.15, 0.2) is 5.16 Å². The number of rotatable bonds is 5. The van der Waals surface area contributed by atoms with E-state index in [0.29, 0.717) is 10.6 Å². The van der Waals surface area contributed by atoms with Crippen molar-refractivity contribution in [2.24, 2.45) is 7.05 Å². The number of amides is 1. The van der Waals surface area contributed by atoms with Gasteiger partial charge in [0.1, 0.15) is 6.33 Å². The van der Waals surface area contributed by atoms with Crippen LogP contribution in [0.3, 0.4) is 0 Å². The molecule has 0 aliphatic heterocycles. The van der Waals surface area contributed by atoms with Gasteiger partial charge in [-0.05, 0) is 48.4 Å². The fourth-order valence-corrected chi connectivity index (χ4v) is 3.23. The lowest BCUT2D eigenvalue weighted by molar-refractivity contribution is 0.102. The van der Waals surface area contributed by atoms with E-state index in [2.05, 4.69) is 15.5 Å². The lowest BCUT2D eigenvalue weighted by atomic mass is 10.1. The summed E-state index contributed by atoms with van der Waals surface area (Å²) in [5.74, 6) is 0.592. The second-order valence-corrected chi connectivity index (χ2v) is 6.98. The summed E-state index contributed by atoms with van der Waals surface area (Å²) < 4.78 is 1.87. The molecule has 128 valence electrons. The number of hydrogen-bond donors (Lipinski definition) is 1. The van der Waals surface area contributed by atoms with Crippen molar-refractivity contribution in [1.29, 1.82) is 0 Å². The number of thioether (sulfide) groups is 1. The first-order valence-electron chi connectivity index (χ1n) is 7.66. The van der Waals surface area contributed by atoms with Gasteiger partial charge in [-0.1, -0.05) is 35.5 Å². The van der Waals surface area contributed by atoms with Crippen LogP contribution in [0.2, 0.25) is 5.02 Å². The predicted molar refractivity (Wildman–Crippen MR) is 101 cm³/mol. The van der Waals surface area contributed by atoms with Crippen LogP contribution in [0.4, 0.5) is 5.69 Å². The fraction of sp³-hybridized carbons (Fsp3) is 0.167. The Morgan fingerprint density at radius 1 is 1.28 bits per heavy atom. The van der Waals surface area contributed by atoms with E-state index < -0.39 is 0 Å². The quantitative estimate of drug-likeness (QED) is 0.677. The van der Waals surface area contributed by atoms with Crippen LogP contribution in [-0.2, 0) is 12.8 Å². The minimum atomic E-state index is -0.155. The van der Waals surface area contributed by atoms with Crippen molar-refractivity contribution in [2.75, 3.05) is 5.32 Å². The molecule has 0 aliphatic rings. The van der Waals surface area contributed by atoms with Gasteiger partial charge >= 0.3 is 0 Å². The van der Waals surface area contributed by atoms with Crippen molar-refractivity contribution in [2.45, 2.75) is 17.8 Å². The van der Waals surface area contributed by atoms with Crippen LogP contribution in [0.5, 0.6) is 0 Å². The summed E-state index contributed by atoms with van der Waals surface area (Å²) in [6.45, 7) is 1.88. The number of halogens is 1. The van der Waals surface area contributed by atoms with E-state index in [1.54, 1.807) is 36.3 Å². The summed E-state index contributed by atoms with van der Waals surface area (Å²) >= 11 is 7.61. The van der Waals surface area contributed by atoms with Gasteiger partial charge in [0.25, 0.3) is 5.91 Å². The number of hydrogen-bond acceptors (Lipinski definition) is 4. The Morgan fingerprint density at radius 3 is 2.84 bits per heavy atom. The predicted octanol–water partition coefficient (Wildman–Crippen LogP) is 4.32. The van der Waals surface area contributed by atoms with Gasteiger partial charge < -0.3 is 9.88 Å². The zero-order valence-corrected chi connectivity index (χ0v) is 15.4. The summed E-state index contributed by atoms with van der Waals surface area (Å²) in [6.07, 6.45) is 1.67. The van der Waals surface area contributed by atoms with Crippen molar-refractivity contribution < 1.29 is 4.79 Å². The summed E-state index contributed by atoms with van der Waals surface area (Å²) in [7, 11) is 1.91. The number of aromatic nitrogens is 3. The molecule has 0 spiro atoms. The molecule has 3 aromatic rings. The number of carbonyl (C=O) groups excluding carboxylic acids is 1. The number of nitrogens with zero attached hydrogens (tertiary/aromatic N) is 3. The zero-order valence-electron chi connectivity index (χ0n) is 13.9. The molecule has 1 aromatic heterocycles. The first-order chi connectivity index (χ1) is 12.0. The van der Waals surface area contributed by atoms with Crippen LogP contribution in [0.25, 0.3) is 0 Å². The molecule has 3 rings (SSSR count). The maximum atomic E-state index is 12.4. The molecule has 0 fully saturated rings. The summed E-state index contributed by atoms with van der Waals surface area (Å²) in [6, 6.07) is 13.0. The van der Waals surface area contributed by atoms with Crippen LogP contribution in [0, 0.1) is 6.92 Å². The number of anilines is 1. The molecule has 0 saturated carbocycles. The zero-order chi connectivity index (χ0) is 17.8. The van der Waals surface area contributed by atoms with Crippen LogP contribution in [0.1, 0.15) is 21.5 Å². The molecule has 1 heterocycles. The van der Waals surface area contributed by atoms with Gasteiger partial charge in [-0.2, -0.15) is 0 Å². The van der Waals surface area contributed by atoms with Gasteiger partial charge in [0, 0.05) is 29.1 Å². The topological polar surface area (TPSA) is 59.8 Å². The van der Waals surface area contributed by atoms with Crippen molar-refractivity contribution in [3.63, 3.8) is 0 Å². The highest BCUT2D eigenvalue weighted by atomic mass is 35.5. The molecule has 7 heteroatoms. The molecule has 5 nitrogen and oxygen atoms in total. The molecule has 25 heavy (non-hydrogen) atoms. The average Bonchev–Trinajstić information content (AvgIpc) is 3.01. The standard InChI is InChI=1S/C18H17ClN4OS/c1-12-8-14(6-7-16(12)19)17(24)21-15-5-3-4-13(9-15)10-25-18-22-20-11-23(18)2/h3-9,11H,10H2,1-2H3,(H,21,24). The number of aryl methyl sites for hydroxylation is 2. The van der Waals surface area contributed by atoms with E-state index in [9.17, 15) is 4.79 Å². The third-order valence-corrected chi connectivity index (χ3v) is 5.17. The molecule has 1 amide bonds. The van der Waals surface area contributed by atoms with E-state index in [4.69, 9.17) is 11.6 Å². The van der Waals surface area contributed by atoms with Crippen molar-refractivity contribution >= 4 is 35.0 Å². The van der Waals surface area contributed by atoms with Gasteiger partial charge in [0.2, 0.25) is 0 Å². The molecular formula is C18H17ClN4OS. The summed E-state index contributed by atoms with van der Waals surface area (Å²) in [5.41, 5.74) is 3.32. The number of benzene rings is 2. The second-order valence-electron chi connectivity index (χ2n) is 5.63. The van der Waals surface area contributed by atoms with Crippen molar-refractivity contribution in [3.05, 3.63) is 70.5 Å². The Bertz CT molecular complexity index is 910. The first-order valence-corrected chi connectivity index (χ1v) is 9.02. The Hall–Kier alpha value is -2.31. The highest BCUT2D eigenvalue weighted by molar-refractivity contribution is 7.98. The van der Waals surface area contributed by atoms with Crippen LogP contribution in [0.15, 0.2) is 53.9 Å². The van der Waals surface area contributed by atoms with Crippen molar-refractivity contribution in [3.8, 4) is 0 Å². The van der Waals surface area contributed by atoms with E-state index >= 15 is 0 Å². The third kappa shape index (κ3) is 4.41. The summed E-state index contributed by atoms with van der Waals surface area (Å²) in [5, 5.41) is 12.3. The molecule has 0 aliphatic carbocycles. The Morgan fingerprint density at radius 2 is 2.12 bits per heavy atom. The minimum Gasteiger partial charge on any atom is -0.322 e. The fourth-order valence-electron chi connectivity index (χ4n) is 2.28.